The average Bonchev–Trinajstić information content (AvgIpc) is 2.97. The molecule has 4 heteroatoms. The summed E-state index contributed by atoms with van der Waals surface area (Å²) in [6.07, 6.45) is 6.58. The van der Waals surface area contributed by atoms with Gasteiger partial charge < -0.3 is 14.9 Å². The average molecular weight is 266 g/mol. The molecule has 0 spiro atoms. The van der Waals surface area contributed by atoms with Gasteiger partial charge in [0.2, 0.25) is 0 Å². The number of hydrogen-bond acceptors (Lipinski definition) is 4. The van der Waals surface area contributed by atoms with Crippen molar-refractivity contribution in [2.45, 2.75) is 50.8 Å². The zero-order valence-corrected chi connectivity index (χ0v) is 12.1. The molecule has 1 aromatic rings. The third-order valence-corrected chi connectivity index (χ3v) is 4.47. The minimum Gasteiger partial charge on any atom is -0.468 e. The van der Waals surface area contributed by atoms with Gasteiger partial charge in [-0.15, -0.1) is 0 Å². The first-order valence-electron chi connectivity index (χ1n) is 7.24. The maximum atomic E-state index is 6.13. The largest absolute Gasteiger partial charge is 0.468 e. The third kappa shape index (κ3) is 3.19. The molecule has 19 heavy (non-hydrogen) atoms. The van der Waals surface area contributed by atoms with Gasteiger partial charge in [0.25, 0.3) is 0 Å². The summed E-state index contributed by atoms with van der Waals surface area (Å²) in [7, 11) is 1.81. The van der Waals surface area contributed by atoms with Gasteiger partial charge in [-0.05, 0) is 44.4 Å². The first-order valence-corrected chi connectivity index (χ1v) is 7.24. The number of rotatable bonds is 6. The Balaban J connectivity index is 2.12. The van der Waals surface area contributed by atoms with Gasteiger partial charge in [0.1, 0.15) is 5.76 Å². The van der Waals surface area contributed by atoms with E-state index < -0.39 is 0 Å². The second-order valence-electron chi connectivity index (χ2n) is 5.48. The number of hydrogen-bond donors (Lipinski definition) is 1. The fourth-order valence-corrected chi connectivity index (χ4v) is 3.30. The van der Waals surface area contributed by atoms with Crippen LogP contribution in [0.4, 0.5) is 0 Å². The van der Waals surface area contributed by atoms with E-state index in [9.17, 15) is 0 Å². The first kappa shape index (κ1) is 14.6. The van der Waals surface area contributed by atoms with Gasteiger partial charge in [-0.1, -0.05) is 6.92 Å². The van der Waals surface area contributed by atoms with Crippen molar-refractivity contribution < 1.29 is 9.15 Å². The van der Waals surface area contributed by atoms with Crippen LogP contribution in [0.2, 0.25) is 0 Å². The molecule has 0 amide bonds. The molecule has 1 aliphatic carbocycles. The highest BCUT2D eigenvalue weighted by molar-refractivity contribution is 5.03. The second kappa shape index (κ2) is 6.55. The van der Waals surface area contributed by atoms with Crippen LogP contribution < -0.4 is 5.73 Å². The van der Waals surface area contributed by atoms with Crippen LogP contribution in [-0.4, -0.2) is 36.7 Å². The monoisotopic (exact) mass is 266 g/mol. The van der Waals surface area contributed by atoms with Crippen LogP contribution in [0.25, 0.3) is 0 Å². The lowest BCUT2D eigenvalue weighted by atomic mass is 9.78. The zero-order chi connectivity index (χ0) is 13.7. The van der Waals surface area contributed by atoms with Crippen LogP contribution in [0.1, 0.15) is 38.4 Å². The van der Waals surface area contributed by atoms with Gasteiger partial charge >= 0.3 is 0 Å². The van der Waals surface area contributed by atoms with Crippen LogP contribution in [0, 0.1) is 0 Å². The molecule has 108 valence electrons. The van der Waals surface area contributed by atoms with E-state index in [1.165, 1.54) is 6.42 Å². The number of nitrogens with zero attached hydrogens (tertiary/aromatic N) is 1. The van der Waals surface area contributed by atoms with Gasteiger partial charge in [0.05, 0.1) is 18.9 Å². The lowest BCUT2D eigenvalue weighted by molar-refractivity contribution is -0.0259. The maximum Gasteiger partial charge on any atom is 0.117 e. The number of methoxy groups -OCH3 is 1. The molecule has 1 aromatic heterocycles. The van der Waals surface area contributed by atoms with E-state index >= 15 is 0 Å². The quantitative estimate of drug-likeness (QED) is 0.859. The second-order valence-corrected chi connectivity index (χ2v) is 5.48. The molecular weight excluding hydrogens is 240 g/mol. The summed E-state index contributed by atoms with van der Waals surface area (Å²) < 4.78 is 11.1. The normalized spacial score (nSPS) is 27.9. The number of likely N-dealkylation sites (N-methyl/N-ethyl adjacent to an activating group) is 1. The predicted octanol–water partition coefficient (Wildman–Crippen LogP) is 2.39. The molecule has 0 aliphatic heterocycles. The Kier molecular flexibility index (Phi) is 5.02. The molecule has 1 fully saturated rings. The summed E-state index contributed by atoms with van der Waals surface area (Å²) in [6, 6.07) is 3.97. The standard InChI is InChI=1S/C15H26N2O2/c1-3-17(11-14-7-5-9-19-14)15(12-16)8-4-6-13(10-15)18-2/h5,7,9,13H,3-4,6,8,10-12,16H2,1-2H3. The number of nitrogens with two attached hydrogens (primary N) is 1. The van der Waals surface area contributed by atoms with Crippen LogP contribution in [0.5, 0.6) is 0 Å². The van der Waals surface area contributed by atoms with Gasteiger partial charge in [0, 0.05) is 19.2 Å². The summed E-state index contributed by atoms with van der Waals surface area (Å²) in [4.78, 5) is 2.46. The third-order valence-electron chi connectivity index (χ3n) is 4.47. The van der Waals surface area contributed by atoms with Crippen molar-refractivity contribution in [1.82, 2.24) is 4.90 Å². The van der Waals surface area contributed by atoms with Gasteiger partial charge in [-0.25, -0.2) is 0 Å². The maximum absolute atomic E-state index is 6.13. The molecule has 2 atom stereocenters. The highest BCUT2D eigenvalue weighted by Crippen LogP contribution is 2.35. The van der Waals surface area contributed by atoms with E-state index in [-0.39, 0.29) is 5.54 Å². The Labute approximate surface area is 115 Å². The van der Waals surface area contributed by atoms with Crippen molar-refractivity contribution in [2.24, 2.45) is 5.73 Å². The summed E-state index contributed by atoms with van der Waals surface area (Å²) in [6.45, 7) is 4.68. The summed E-state index contributed by atoms with van der Waals surface area (Å²) in [5.41, 5.74) is 6.19. The highest BCUT2D eigenvalue weighted by atomic mass is 16.5. The van der Waals surface area contributed by atoms with Crippen molar-refractivity contribution in [3.63, 3.8) is 0 Å². The predicted molar refractivity (Wildman–Crippen MR) is 75.8 cm³/mol. The molecule has 4 nitrogen and oxygen atoms in total. The fraction of sp³-hybridized carbons (Fsp3) is 0.733. The Hall–Kier alpha value is -0.840. The lowest BCUT2D eigenvalue weighted by Crippen LogP contribution is -2.57. The molecule has 0 bridgehead atoms. The number of ether oxygens (including phenoxy) is 1. The summed E-state index contributed by atoms with van der Waals surface area (Å²) in [5, 5.41) is 0. The molecule has 0 aromatic carbocycles. The first-order chi connectivity index (χ1) is 9.24. The molecule has 0 radical (unpaired) electrons. The zero-order valence-electron chi connectivity index (χ0n) is 12.1. The SMILES string of the molecule is CCN(Cc1ccco1)C1(CN)CCCC(OC)C1. The van der Waals surface area contributed by atoms with Crippen molar-refractivity contribution in [1.29, 1.82) is 0 Å². The summed E-state index contributed by atoms with van der Waals surface area (Å²) in [5.74, 6) is 1.01. The van der Waals surface area contributed by atoms with Crippen LogP contribution in [0.15, 0.2) is 22.8 Å². The molecule has 1 heterocycles. The molecule has 2 rings (SSSR count). The minimum atomic E-state index is 0.0560. The van der Waals surface area contributed by atoms with Crippen molar-refractivity contribution in [2.75, 3.05) is 20.2 Å². The van der Waals surface area contributed by atoms with Crippen LogP contribution in [-0.2, 0) is 11.3 Å². The Morgan fingerprint density at radius 1 is 1.58 bits per heavy atom. The van der Waals surface area contributed by atoms with E-state index in [0.29, 0.717) is 12.6 Å². The topological polar surface area (TPSA) is 51.6 Å². The van der Waals surface area contributed by atoms with Gasteiger partial charge in [-0.3, -0.25) is 4.90 Å². The van der Waals surface area contributed by atoms with Crippen LogP contribution >= 0.6 is 0 Å². The molecule has 1 aliphatic rings. The Morgan fingerprint density at radius 2 is 2.42 bits per heavy atom. The molecular formula is C15H26N2O2. The van der Waals surface area contributed by atoms with E-state index in [0.717, 1.165) is 38.1 Å². The smallest absolute Gasteiger partial charge is 0.117 e. The van der Waals surface area contributed by atoms with Gasteiger partial charge in [0.15, 0.2) is 0 Å². The fourth-order valence-electron chi connectivity index (χ4n) is 3.30. The Bertz CT molecular complexity index is 366. The minimum absolute atomic E-state index is 0.0560. The van der Waals surface area contributed by atoms with Crippen molar-refractivity contribution in [3.05, 3.63) is 24.2 Å². The van der Waals surface area contributed by atoms with Crippen LogP contribution in [0.3, 0.4) is 0 Å². The number of furan rings is 1. The van der Waals surface area contributed by atoms with E-state index in [4.69, 9.17) is 14.9 Å². The molecule has 2 unspecified atom stereocenters. The molecule has 0 saturated heterocycles. The van der Waals surface area contributed by atoms with Crippen molar-refractivity contribution >= 4 is 0 Å². The van der Waals surface area contributed by atoms with Crippen molar-refractivity contribution in [3.8, 4) is 0 Å². The molecule has 2 N–H and O–H groups in total. The highest BCUT2D eigenvalue weighted by Gasteiger charge is 2.40. The summed E-state index contributed by atoms with van der Waals surface area (Å²) >= 11 is 0. The van der Waals surface area contributed by atoms with E-state index in [1.54, 1.807) is 13.4 Å². The molecule has 1 saturated carbocycles. The van der Waals surface area contributed by atoms with E-state index in [2.05, 4.69) is 11.8 Å². The Morgan fingerprint density at radius 3 is 3.00 bits per heavy atom. The van der Waals surface area contributed by atoms with Gasteiger partial charge in [-0.2, -0.15) is 0 Å². The van der Waals surface area contributed by atoms with E-state index in [1.807, 2.05) is 12.1 Å². The lowest BCUT2D eigenvalue weighted by Gasteiger charge is -2.47.